The maximum absolute atomic E-state index is 9.02. The molecule has 124 valence electrons. The zero-order valence-electron chi connectivity index (χ0n) is 13.3. The molecule has 0 saturated carbocycles. The predicted molar refractivity (Wildman–Crippen MR) is 95.3 cm³/mol. The van der Waals surface area contributed by atoms with Crippen LogP contribution in [0.3, 0.4) is 0 Å². The first-order chi connectivity index (χ1) is 12.3. The molecular formula is C18H16N6O. The second kappa shape index (κ2) is 7.86. The van der Waals surface area contributed by atoms with Gasteiger partial charge in [-0.2, -0.15) is 10.2 Å². The summed E-state index contributed by atoms with van der Waals surface area (Å²) in [5.74, 6) is 0.971. The number of hydrogen-bond acceptors (Lipinski definition) is 7. The number of aromatic nitrogens is 3. The van der Waals surface area contributed by atoms with Gasteiger partial charge in [-0.25, -0.2) is 4.98 Å². The Balaban J connectivity index is 1.95. The fourth-order valence-electron chi connectivity index (χ4n) is 2.23. The first-order valence-electron chi connectivity index (χ1n) is 7.70. The third-order valence-electron chi connectivity index (χ3n) is 3.34. The predicted octanol–water partition coefficient (Wildman–Crippen LogP) is 2.56. The third kappa shape index (κ3) is 4.28. The highest BCUT2D eigenvalue weighted by Crippen LogP contribution is 2.23. The van der Waals surface area contributed by atoms with Gasteiger partial charge in [-0.3, -0.25) is 4.98 Å². The van der Waals surface area contributed by atoms with E-state index in [0.29, 0.717) is 29.6 Å². The Bertz CT molecular complexity index is 892. The first-order valence-corrected chi connectivity index (χ1v) is 7.70. The van der Waals surface area contributed by atoms with Crippen molar-refractivity contribution in [3.63, 3.8) is 0 Å². The molecule has 25 heavy (non-hydrogen) atoms. The van der Waals surface area contributed by atoms with Gasteiger partial charge in [0.25, 0.3) is 0 Å². The largest absolute Gasteiger partial charge is 0.395 e. The highest BCUT2D eigenvalue weighted by Gasteiger charge is 2.07. The SMILES string of the molecule is N#Cc1cccc(Nc2cc(-c3cccnc3)nc(NCCO)n2)c1. The lowest BCUT2D eigenvalue weighted by Gasteiger charge is -2.11. The number of hydrogen-bond donors (Lipinski definition) is 3. The molecule has 0 atom stereocenters. The van der Waals surface area contributed by atoms with Crippen molar-refractivity contribution in [2.75, 3.05) is 23.8 Å². The van der Waals surface area contributed by atoms with Crippen LogP contribution < -0.4 is 10.6 Å². The van der Waals surface area contributed by atoms with E-state index in [1.807, 2.05) is 18.2 Å². The molecule has 0 unspecified atom stereocenters. The summed E-state index contributed by atoms with van der Waals surface area (Å²) < 4.78 is 0. The van der Waals surface area contributed by atoms with Crippen LogP contribution in [0, 0.1) is 11.3 Å². The molecule has 3 N–H and O–H groups in total. The number of rotatable bonds is 6. The number of anilines is 3. The lowest BCUT2D eigenvalue weighted by Crippen LogP contribution is -2.10. The summed E-state index contributed by atoms with van der Waals surface area (Å²) in [6, 6.07) is 14.8. The summed E-state index contributed by atoms with van der Waals surface area (Å²) in [5.41, 5.74) is 2.86. The van der Waals surface area contributed by atoms with E-state index in [9.17, 15) is 0 Å². The van der Waals surface area contributed by atoms with Gasteiger partial charge in [0.1, 0.15) is 5.82 Å². The summed E-state index contributed by atoms with van der Waals surface area (Å²) in [7, 11) is 0. The Labute approximate surface area is 145 Å². The van der Waals surface area contributed by atoms with Gasteiger partial charge < -0.3 is 15.7 Å². The first kappa shape index (κ1) is 16.4. The van der Waals surface area contributed by atoms with Crippen molar-refractivity contribution in [2.45, 2.75) is 0 Å². The van der Waals surface area contributed by atoms with Gasteiger partial charge in [0.05, 0.1) is 23.9 Å². The van der Waals surface area contributed by atoms with Crippen LogP contribution in [0.2, 0.25) is 0 Å². The highest BCUT2D eigenvalue weighted by atomic mass is 16.3. The molecule has 2 aromatic heterocycles. The minimum atomic E-state index is -0.0204. The molecule has 7 heteroatoms. The lowest BCUT2D eigenvalue weighted by atomic mass is 10.2. The van der Waals surface area contributed by atoms with Crippen LogP contribution in [0.5, 0.6) is 0 Å². The van der Waals surface area contributed by atoms with E-state index in [4.69, 9.17) is 10.4 Å². The maximum Gasteiger partial charge on any atom is 0.225 e. The second-order valence-electron chi connectivity index (χ2n) is 5.17. The van der Waals surface area contributed by atoms with Crippen molar-refractivity contribution in [3.05, 3.63) is 60.4 Å². The van der Waals surface area contributed by atoms with Crippen molar-refractivity contribution in [1.82, 2.24) is 15.0 Å². The van der Waals surface area contributed by atoms with Crippen molar-refractivity contribution in [1.29, 1.82) is 5.26 Å². The van der Waals surface area contributed by atoms with Gasteiger partial charge in [0, 0.05) is 36.3 Å². The van der Waals surface area contributed by atoms with E-state index in [-0.39, 0.29) is 6.61 Å². The number of aliphatic hydroxyl groups is 1. The molecule has 0 fully saturated rings. The van der Waals surface area contributed by atoms with Gasteiger partial charge in [-0.05, 0) is 30.3 Å². The summed E-state index contributed by atoms with van der Waals surface area (Å²) >= 11 is 0. The van der Waals surface area contributed by atoms with E-state index in [0.717, 1.165) is 11.3 Å². The molecule has 0 saturated heterocycles. The molecule has 0 radical (unpaired) electrons. The fourth-order valence-corrected chi connectivity index (χ4v) is 2.23. The van der Waals surface area contributed by atoms with Gasteiger partial charge in [-0.15, -0.1) is 0 Å². The van der Waals surface area contributed by atoms with E-state index in [1.54, 1.807) is 36.7 Å². The van der Waals surface area contributed by atoms with Crippen molar-refractivity contribution in [2.24, 2.45) is 0 Å². The maximum atomic E-state index is 9.02. The number of nitrogens with zero attached hydrogens (tertiary/aromatic N) is 4. The van der Waals surface area contributed by atoms with Crippen LogP contribution in [0.15, 0.2) is 54.9 Å². The number of benzene rings is 1. The van der Waals surface area contributed by atoms with Gasteiger partial charge >= 0.3 is 0 Å². The van der Waals surface area contributed by atoms with Crippen LogP contribution in [0.25, 0.3) is 11.3 Å². The number of aliphatic hydroxyl groups excluding tert-OH is 1. The summed E-state index contributed by atoms with van der Waals surface area (Å²) in [6.07, 6.45) is 3.42. The average molecular weight is 332 g/mol. The average Bonchev–Trinajstić information content (AvgIpc) is 2.67. The summed E-state index contributed by atoms with van der Waals surface area (Å²) in [6.45, 7) is 0.327. The van der Waals surface area contributed by atoms with E-state index in [1.165, 1.54) is 0 Å². The van der Waals surface area contributed by atoms with E-state index in [2.05, 4.69) is 31.7 Å². The van der Waals surface area contributed by atoms with Crippen molar-refractivity contribution < 1.29 is 5.11 Å². The van der Waals surface area contributed by atoms with Crippen LogP contribution >= 0.6 is 0 Å². The standard InChI is InChI=1S/C18H16N6O/c19-11-13-3-1-5-15(9-13)22-17-10-16(14-4-2-6-20-12-14)23-18(24-17)21-7-8-25/h1-6,9-10,12,25H,7-8H2,(H2,21,22,23,24). The molecule has 0 bridgehead atoms. The summed E-state index contributed by atoms with van der Waals surface area (Å²) in [4.78, 5) is 13.0. The molecule has 3 aromatic rings. The summed E-state index contributed by atoms with van der Waals surface area (Å²) in [5, 5.41) is 24.2. The Morgan fingerprint density at radius 2 is 2.04 bits per heavy atom. The smallest absolute Gasteiger partial charge is 0.225 e. The minimum Gasteiger partial charge on any atom is -0.395 e. The Morgan fingerprint density at radius 1 is 1.12 bits per heavy atom. The Hall–Kier alpha value is -3.50. The molecule has 0 aliphatic heterocycles. The molecule has 2 heterocycles. The molecule has 7 nitrogen and oxygen atoms in total. The Kier molecular flexibility index (Phi) is 5.14. The number of nitriles is 1. The Morgan fingerprint density at radius 3 is 2.80 bits per heavy atom. The van der Waals surface area contributed by atoms with E-state index < -0.39 is 0 Å². The molecule has 0 amide bonds. The van der Waals surface area contributed by atoms with Gasteiger partial charge in [-0.1, -0.05) is 6.07 Å². The zero-order valence-corrected chi connectivity index (χ0v) is 13.3. The van der Waals surface area contributed by atoms with Crippen LogP contribution in [0.1, 0.15) is 5.56 Å². The zero-order chi connectivity index (χ0) is 17.5. The van der Waals surface area contributed by atoms with Crippen LogP contribution in [0.4, 0.5) is 17.5 Å². The van der Waals surface area contributed by atoms with Crippen molar-refractivity contribution in [3.8, 4) is 17.3 Å². The molecule has 0 aliphatic rings. The van der Waals surface area contributed by atoms with Crippen molar-refractivity contribution >= 4 is 17.5 Å². The molecule has 0 aliphatic carbocycles. The highest BCUT2D eigenvalue weighted by molar-refractivity contribution is 5.67. The third-order valence-corrected chi connectivity index (χ3v) is 3.34. The number of pyridine rings is 1. The topological polar surface area (TPSA) is 107 Å². The monoisotopic (exact) mass is 332 g/mol. The van der Waals surface area contributed by atoms with Crippen LogP contribution in [-0.4, -0.2) is 33.2 Å². The minimum absolute atomic E-state index is 0.0204. The molecular weight excluding hydrogens is 316 g/mol. The van der Waals surface area contributed by atoms with E-state index >= 15 is 0 Å². The second-order valence-corrected chi connectivity index (χ2v) is 5.17. The van der Waals surface area contributed by atoms with Gasteiger partial charge in [0.15, 0.2) is 0 Å². The lowest BCUT2D eigenvalue weighted by molar-refractivity contribution is 0.311. The fraction of sp³-hybridized carbons (Fsp3) is 0.111. The molecule has 3 rings (SSSR count). The molecule has 1 aromatic carbocycles. The van der Waals surface area contributed by atoms with Gasteiger partial charge in [0.2, 0.25) is 5.95 Å². The van der Waals surface area contributed by atoms with Crippen LogP contribution in [-0.2, 0) is 0 Å². The number of nitrogens with one attached hydrogen (secondary N) is 2. The normalized spacial score (nSPS) is 10.1. The molecule has 0 spiro atoms. The quantitative estimate of drug-likeness (QED) is 0.637.